The van der Waals surface area contributed by atoms with E-state index in [4.69, 9.17) is 4.74 Å². The highest BCUT2D eigenvalue weighted by atomic mass is 16.6. The van der Waals surface area contributed by atoms with Crippen LogP contribution in [0.4, 0.5) is 4.79 Å². The predicted molar refractivity (Wildman–Crippen MR) is 85.7 cm³/mol. The number of ether oxygens (including phenoxy) is 1. The standard InChI is InChI=1S/C17H18N2O3/c1-17(2,3)22-16(21)19-9-4-5-12-6-7-14-13(11-12)15(20)8-10-18-14/h6-8,10-11H,9H2,1-3H3,(H,18,20)(H,19,21). The van der Waals surface area contributed by atoms with Crippen LogP contribution in [-0.4, -0.2) is 23.2 Å². The summed E-state index contributed by atoms with van der Waals surface area (Å²) in [5.41, 5.74) is 0.904. The van der Waals surface area contributed by atoms with Gasteiger partial charge in [0.05, 0.1) is 6.54 Å². The molecule has 0 aliphatic carbocycles. The molecular formula is C17H18N2O3. The second kappa shape index (κ2) is 6.35. The summed E-state index contributed by atoms with van der Waals surface area (Å²) in [5.74, 6) is 5.74. The maximum atomic E-state index is 11.7. The molecule has 0 aliphatic rings. The van der Waals surface area contributed by atoms with Gasteiger partial charge in [-0.2, -0.15) is 0 Å². The minimum absolute atomic E-state index is 0.0516. The molecule has 22 heavy (non-hydrogen) atoms. The highest BCUT2D eigenvalue weighted by molar-refractivity contribution is 5.79. The maximum absolute atomic E-state index is 11.7. The molecule has 2 rings (SSSR count). The van der Waals surface area contributed by atoms with E-state index < -0.39 is 11.7 Å². The van der Waals surface area contributed by atoms with Crippen molar-refractivity contribution in [2.24, 2.45) is 0 Å². The molecule has 0 saturated heterocycles. The third-order valence-electron chi connectivity index (χ3n) is 2.71. The molecule has 114 valence electrons. The Bertz CT molecular complexity index is 804. The molecule has 0 saturated carbocycles. The predicted octanol–water partition coefficient (Wildman–Crippen LogP) is 2.40. The number of amides is 1. The number of hydrogen-bond acceptors (Lipinski definition) is 3. The molecular weight excluding hydrogens is 280 g/mol. The Hall–Kier alpha value is -2.74. The van der Waals surface area contributed by atoms with E-state index in [9.17, 15) is 9.59 Å². The Balaban J connectivity index is 2.02. The number of rotatable bonds is 1. The fourth-order valence-corrected chi connectivity index (χ4v) is 1.83. The van der Waals surface area contributed by atoms with Crippen LogP contribution in [0.2, 0.25) is 0 Å². The quantitative estimate of drug-likeness (QED) is 0.794. The van der Waals surface area contributed by atoms with Crippen molar-refractivity contribution in [3.05, 3.63) is 46.2 Å². The molecule has 0 aliphatic heterocycles. The van der Waals surface area contributed by atoms with Gasteiger partial charge in [0.25, 0.3) is 0 Å². The summed E-state index contributed by atoms with van der Waals surface area (Å²) in [6.07, 6.45) is 1.11. The lowest BCUT2D eigenvalue weighted by Crippen LogP contribution is -2.32. The van der Waals surface area contributed by atoms with Gasteiger partial charge in [0.2, 0.25) is 0 Å². The van der Waals surface area contributed by atoms with Crippen LogP contribution in [0.25, 0.3) is 10.9 Å². The van der Waals surface area contributed by atoms with Crippen molar-refractivity contribution in [3.8, 4) is 11.8 Å². The summed E-state index contributed by atoms with van der Waals surface area (Å²) in [7, 11) is 0. The van der Waals surface area contributed by atoms with Gasteiger partial charge in [-0.1, -0.05) is 11.8 Å². The molecule has 0 radical (unpaired) electrons. The average molecular weight is 298 g/mol. The molecule has 1 heterocycles. The van der Waals surface area contributed by atoms with Crippen molar-refractivity contribution >= 4 is 17.0 Å². The van der Waals surface area contributed by atoms with Gasteiger partial charge in [-0.05, 0) is 39.0 Å². The zero-order chi connectivity index (χ0) is 16.2. The number of aromatic nitrogens is 1. The number of pyridine rings is 1. The summed E-state index contributed by atoms with van der Waals surface area (Å²) >= 11 is 0. The SMILES string of the molecule is CC(C)(C)OC(=O)NCC#Cc1ccc2[nH]ccc(=O)c2c1. The largest absolute Gasteiger partial charge is 0.444 e. The minimum Gasteiger partial charge on any atom is -0.444 e. The van der Waals surface area contributed by atoms with E-state index >= 15 is 0 Å². The Kier molecular flexibility index (Phi) is 4.52. The first-order valence-electron chi connectivity index (χ1n) is 6.92. The third kappa shape index (κ3) is 4.38. The lowest BCUT2D eigenvalue weighted by atomic mass is 10.1. The first-order valence-corrected chi connectivity index (χ1v) is 6.92. The summed E-state index contributed by atoms with van der Waals surface area (Å²) in [5, 5.41) is 3.15. The van der Waals surface area contributed by atoms with Gasteiger partial charge < -0.3 is 15.0 Å². The number of alkyl carbamates (subject to hydrolysis) is 1. The fourth-order valence-electron chi connectivity index (χ4n) is 1.83. The second-order valence-corrected chi connectivity index (χ2v) is 5.76. The summed E-state index contributed by atoms with van der Waals surface area (Å²) in [4.78, 5) is 26.2. The first kappa shape index (κ1) is 15.6. The summed E-state index contributed by atoms with van der Waals surface area (Å²) in [6, 6.07) is 6.83. The molecule has 1 aromatic heterocycles. The number of H-pyrrole nitrogens is 1. The molecule has 2 aromatic rings. The third-order valence-corrected chi connectivity index (χ3v) is 2.71. The number of nitrogens with one attached hydrogen (secondary N) is 2. The van der Waals surface area contributed by atoms with Crippen molar-refractivity contribution in [1.82, 2.24) is 10.3 Å². The van der Waals surface area contributed by atoms with E-state index in [2.05, 4.69) is 22.1 Å². The van der Waals surface area contributed by atoms with Crippen LogP contribution in [0.3, 0.4) is 0 Å². The van der Waals surface area contributed by atoms with Gasteiger partial charge in [0, 0.05) is 28.7 Å². The highest BCUT2D eigenvalue weighted by Crippen LogP contribution is 2.09. The van der Waals surface area contributed by atoms with Gasteiger partial charge in [-0.25, -0.2) is 4.79 Å². The lowest BCUT2D eigenvalue weighted by molar-refractivity contribution is 0.0535. The number of carbonyl (C=O) groups excluding carboxylic acids is 1. The van der Waals surface area contributed by atoms with Gasteiger partial charge in [-0.15, -0.1) is 0 Å². The van der Waals surface area contributed by atoms with Crippen molar-refractivity contribution in [1.29, 1.82) is 0 Å². The van der Waals surface area contributed by atoms with Gasteiger partial charge in [-0.3, -0.25) is 4.79 Å². The van der Waals surface area contributed by atoms with Gasteiger partial charge in [0.1, 0.15) is 5.60 Å². The van der Waals surface area contributed by atoms with Crippen molar-refractivity contribution in [2.45, 2.75) is 26.4 Å². The zero-order valence-corrected chi connectivity index (χ0v) is 12.8. The molecule has 0 spiro atoms. The highest BCUT2D eigenvalue weighted by Gasteiger charge is 2.14. The van der Waals surface area contributed by atoms with E-state index in [-0.39, 0.29) is 12.0 Å². The van der Waals surface area contributed by atoms with Gasteiger partial charge >= 0.3 is 6.09 Å². The van der Waals surface area contributed by atoms with Crippen LogP contribution in [-0.2, 0) is 4.74 Å². The molecule has 1 aromatic carbocycles. The lowest BCUT2D eigenvalue weighted by Gasteiger charge is -2.18. The van der Waals surface area contributed by atoms with Crippen molar-refractivity contribution in [2.75, 3.05) is 6.54 Å². The summed E-state index contributed by atoms with van der Waals surface area (Å²) in [6.45, 7) is 5.57. The number of aromatic amines is 1. The number of hydrogen-bond donors (Lipinski definition) is 2. The van der Waals surface area contributed by atoms with E-state index in [1.54, 1.807) is 33.0 Å². The molecule has 1 amide bonds. The van der Waals surface area contributed by atoms with E-state index in [0.717, 1.165) is 11.1 Å². The van der Waals surface area contributed by atoms with Crippen LogP contribution in [0.5, 0.6) is 0 Å². The molecule has 0 fully saturated rings. The number of fused-ring (bicyclic) bond motifs is 1. The molecule has 2 N–H and O–H groups in total. The van der Waals surface area contributed by atoms with E-state index in [1.807, 2.05) is 12.1 Å². The summed E-state index contributed by atoms with van der Waals surface area (Å²) < 4.78 is 5.10. The van der Waals surface area contributed by atoms with Crippen LogP contribution in [0.1, 0.15) is 26.3 Å². The van der Waals surface area contributed by atoms with Crippen LogP contribution in [0.15, 0.2) is 35.3 Å². The minimum atomic E-state index is -0.531. The van der Waals surface area contributed by atoms with E-state index in [1.165, 1.54) is 6.07 Å². The molecule has 5 nitrogen and oxygen atoms in total. The van der Waals surface area contributed by atoms with Crippen LogP contribution >= 0.6 is 0 Å². The van der Waals surface area contributed by atoms with Crippen molar-refractivity contribution in [3.63, 3.8) is 0 Å². The molecule has 0 bridgehead atoms. The monoisotopic (exact) mass is 298 g/mol. The molecule has 0 atom stereocenters. The van der Waals surface area contributed by atoms with Crippen LogP contribution in [0, 0.1) is 11.8 Å². The Morgan fingerprint density at radius 3 is 2.82 bits per heavy atom. The number of benzene rings is 1. The van der Waals surface area contributed by atoms with E-state index in [0.29, 0.717) is 5.39 Å². The Morgan fingerprint density at radius 2 is 2.09 bits per heavy atom. The Labute approximate surface area is 128 Å². The smallest absolute Gasteiger partial charge is 0.408 e. The topological polar surface area (TPSA) is 71.2 Å². The fraction of sp³-hybridized carbons (Fsp3) is 0.294. The first-order chi connectivity index (χ1) is 10.3. The molecule has 0 unspecified atom stereocenters. The van der Waals surface area contributed by atoms with Crippen molar-refractivity contribution < 1.29 is 9.53 Å². The zero-order valence-electron chi connectivity index (χ0n) is 12.8. The average Bonchev–Trinajstić information content (AvgIpc) is 2.42. The maximum Gasteiger partial charge on any atom is 0.408 e. The second-order valence-electron chi connectivity index (χ2n) is 5.76. The Morgan fingerprint density at radius 1 is 1.32 bits per heavy atom. The normalized spacial score (nSPS) is 10.7. The van der Waals surface area contributed by atoms with Gasteiger partial charge in [0.15, 0.2) is 5.43 Å². The van der Waals surface area contributed by atoms with Crippen LogP contribution < -0.4 is 10.7 Å². The number of carbonyl (C=O) groups is 1. The molecule has 5 heteroatoms.